The van der Waals surface area contributed by atoms with Crippen molar-refractivity contribution >= 4 is 41.5 Å². The SMILES string of the molecule is CN=C(NC1CCc2nc(COC)nn2C1)NC1CC1c1cccc(Cl)c1.I. The second-order valence-corrected chi connectivity index (χ2v) is 7.60. The molecule has 4 rings (SSSR count). The summed E-state index contributed by atoms with van der Waals surface area (Å²) in [6, 6.07) is 8.79. The van der Waals surface area contributed by atoms with Gasteiger partial charge < -0.3 is 15.4 Å². The molecule has 0 amide bonds. The van der Waals surface area contributed by atoms with Gasteiger partial charge in [-0.2, -0.15) is 5.10 Å². The number of rotatable bonds is 5. The van der Waals surface area contributed by atoms with E-state index >= 15 is 0 Å². The van der Waals surface area contributed by atoms with Crippen molar-refractivity contribution in [3.05, 3.63) is 46.5 Å². The maximum absolute atomic E-state index is 6.11. The molecule has 2 heterocycles. The van der Waals surface area contributed by atoms with E-state index in [1.54, 1.807) is 7.11 Å². The molecule has 0 saturated heterocycles. The molecule has 1 aliphatic carbocycles. The lowest BCUT2D eigenvalue weighted by molar-refractivity contribution is 0.177. The monoisotopic (exact) mass is 516 g/mol. The highest BCUT2D eigenvalue weighted by Gasteiger charge is 2.39. The zero-order chi connectivity index (χ0) is 18.8. The van der Waals surface area contributed by atoms with E-state index in [0.717, 1.165) is 48.4 Å². The van der Waals surface area contributed by atoms with Crippen molar-refractivity contribution in [2.75, 3.05) is 14.2 Å². The van der Waals surface area contributed by atoms with Crippen LogP contribution in [0, 0.1) is 0 Å². The molecule has 1 fully saturated rings. The number of methoxy groups -OCH3 is 1. The van der Waals surface area contributed by atoms with Gasteiger partial charge in [-0.1, -0.05) is 23.7 Å². The lowest BCUT2D eigenvalue weighted by Gasteiger charge is -2.25. The standard InChI is InChI=1S/C19H25ClN6O.HI/c1-21-19(23-16-9-15(16)12-4-3-5-13(20)8-12)22-14-6-7-18-24-17(11-27-2)25-26(18)10-14;/h3-5,8,14-16H,6-7,9-11H2,1-2H3,(H2,21,22,23);1H. The number of nitrogens with one attached hydrogen (secondary N) is 2. The number of guanidine groups is 1. The lowest BCUT2D eigenvalue weighted by Crippen LogP contribution is -2.47. The Kier molecular flexibility index (Phi) is 7.16. The van der Waals surface area contributed by atoms with Gasteiger partial charge in [0.05, 0.1) is 6.54 Å². The number of aromatic nitrogens is 3. The third-order valence-corrected chi connectivity index (χ3v) is 5.36. The quantitative estimate of drug-likeness (QED) is 0.363. The van der Waals surface area contributed by atoms with Crippen molar-refractivity contribution in [3.63, 3.8) is 0 Å². The number of nitrogens with zero attached hydrogens (tertiary/aromatic N) is 4. The number of fused-ring (bicyclic) bond motifs is 1. The summed E-state index contributed by atoms with van der Waals surface area (Å²) >= 11 is 6.11. The Labute approximate surface area is 187 Å². The van der Waals surface area contributed by atoms with Gasteiger partial charge in [0.15, 0.2) is 11.8 Å². The first-order valence-electron chi connectivity index (χ1n) is 9.33. The molecular formula is C19H26ClIN6O. The van der Waals surface area contributed by atoms with Gasteiger partial charge in [0.25, 0.3) is 0 Å². The lowest BCUT2D eigenvalue weighted by atomic mass is 10.1. The number of halogens is 2. The van der Waals surface area contributed by atoms with Crippen LogP contribution in [0.5, 0.6) is 0 Å². The van der Waals surface area contributed by atoms with Crippen LogP contribution in [0.3, 0.4) is 0 Å². The third-order valence-electron chi connectivity index (χ3n) is 5.13. The van der Waals surface area contributed by atoms with Gasteiger partial charge in [-0.05, 0) is 30.5 Å². The summed E-state index contributed by atoms with van der Waals surface area (Å²) in [6.45, 7) is 1.24. The number of hydrogen-bond donors (Lipinski definition) is 2. The van der Waals surface area contributed by atoms with Gasteiger partial charge in [-0.25, -0.2) is 9.67 Å². The van der Waals surface area contributed by atoms with Crippen molar-refractivity contribution in [2.45, 2.75) is 50.4 Å². The topological polar surface area (TPSA) is 76.4 Å². The molecule has 0 radical (unpaired) electrons. The molecule has 7 nitrogen and oxygen atoms in total. The molecule has 2 aliphatic rings. The molecule has 3 unspecified atom stereocenters. The number of aliphatic imine (C=N–C) groups is 1. The van der Waals surface area contributed by atoms with Crippen LogP contribution >= 0.6 is 35.6 Å². The summed E-state index contributed by atoms with van der Waals surface area (Å²) in [6.07, 6.45) is 3.01. The van der Waals surface area contributed by atoms with Gasteiger partial charge >= 0.3 is 0 Å². The zero-order valence-electron chi connectivity index (χ0n) is 16.1. The first-order valence-corrected chi connectivity index (χ1v) is 9.71. The molecule has 28 heavy (non-hydrogen) atoms. The van der Waals surface area contributed by atoms with Crippen LogP contribution in [0.4, 0.5) is 0 Å². The van der Waals surface area contributed by atoms with E-state index in [9.17, 15) is 0 Å². The fourth-order valence-corrected chi connectivity index (χ4v) is 3.87. The molecular weight excluding hydrogens is 491 g/mol. The van der Waals surface area contributed by atoms with E-state index in [-0.39, 0.29) is 30.0 Å². The average Bonchev–Trinajstić information content (AvgIpc) is 3.31. The molecule has 0 bridgehead atoms. The van der Waals surface area contributed by atoms with E-state index < -0.39 is 0 Å². The van der Waals surface area contributed by atoms with Gasteiger partial charge in [0.1, 0.15) is 12.4 Å². The van der Waals surface area contributed by atoms with Crippen LogP contribution in [0.2, 0.25) is 5.02 Å². The Morgan fingerprint density at radius 1 is 1.39 bits per heavy atom. The number of hydrogen-bond acceptors (Lipinski definition) is 4. The Hall–Kier alpha value is -1.39. The summed E-state index contributed by atoms with van der Waals surface area (Å²) in [7, 11) is 3.47. The molecule has 1 aromatic heterocycles. The fraction of sp³-hybridized carbons (Fsp3) is 0.526. The first-order chi connectivity index (χ1) is 13.2. The molecule has 1 saturated carbocycles. The minimum Gasteiger partial charge on any atom is -0.377 e. The first kappa shape index (κ1) is 21.3. The van der Waals surface area contributed by atoms with Crippen molar-refractivity contribution in [3.8, 4) is 0 Å². The van der Waals surface area contributed by atoms with Gasteiger partial charge in [0, 0.05) is 43.6 Å². The largest absolute Gasteiger partial charge is 0.377 e. The molecule has 0 spiro atoms. The Morgan fingerprint density at radius 3 is 3.00 bits per heavy atom. The number of aryl methyl sites for hydroxylation is 1. The average molecular weight is 517 g/mol. The molecule has 152 valence electrons. The second kappa shape index (κ2) is 9.41. The summed E-state index contributed by atoms with van der Waals surface area (Å²) in [5, 5.41) is 12.4. The van der Waals surface area contributed by atoms with Gasteiger partial charge in [0.2, 0.25) is 0 Å². The van der Waals surface area contributed by atoms with E-state index in [4.69, 9.17) is 16.3 Å². The Bertz CT molecular complexity index is 842. The van der Waals surface area contributed by atoms with Crippen molar-refractivity contribution in [2.24, 2.45) is 4.99 Å². The normalized spacial score (nSPS) is 23.5. The third kappa shape index (κ3) is 4.96. The minimum atomic E-state index is 0. The van der Waals surface area contributed by atoms with Crippen molar-refractivity contribution in [1.29, 1.82) is 0 Å². The highest BCUT2D eigenvalue weighted by molar-refractivity contribution is 14.0. The maximum Gasteiger partial charge on any atom is 0.191 e. The van der Waals surface area contributed by atoms with E-state index in [1.807, 2.05) is 23.9 Å². The molecule has 1 aliphatic heterocycles. The maximum atomic E-state index is 6.11. The van der Waals surface area contributed by atoms with Crippen molar-refractivity contribution < 1.29 is 4.74 Å². The van der Waals surface area contributed by atoms with Gasteiger partial charge in [-0.3, -0.25) is 4.99 Å². The van der Waals surface area contributed by atoms with Crippen LogP contribution in [-0.2, 0) is 24.3 Å². The van der Waals surface area contributed by atoms with E-state index in [2.05, 4.69) is 37.8 Å². The molecule has 2 N–H and O–H groups in total. The number of benzene rings is 1. The van der Waals surface area contributed by atoms with Gasteiger partial charge in [-0.15, -0.1) is 24.0 Å². The van der Waals surface area contributed by atoms with E-state index in [1.165, 1.54) is 5.56 Å². The Balaban J connectivity index is 0.00000225. The van der Waals surface area contributed by atoms with Crippen molar-refractivity contribution in [1.82, 2.24) is 25.4 Å². The molecule has 1 aromatic carbocycles. The smallest absolute Gasteiger partial charge is 0.191 e. The van der Waals surface area contributed by atoms with Crippen LogP contribution in [0.1, 0.15) is 36.0 Å². The van der Waals surface area contributed by atoms with Crippen LogP contribution in [-0.4, -0.2) is 47.0 Å². The molecule has 9 heteroatoms. The highest BCUT2D eigenvalue weighted by Crippen LogP contribution is 2.41. The summed E-state index contributed by atoms with van der Waals surface area (Å²) in [4.78, 5) is 8.93. The Morgan fingerprint density at radius 2 is 2.25 bits per heavy atom. The fourth-order valence-electron chi connectivity index (χ4n) is 3.67. The van der Waals surface area contributed by atoms with E-state index in [0.29, 0.717) is 18.6 Å². The predicted octanol–water partition coefficient (Wildman–Crippen LogP) is 2.73. The highest BCUT2D eigenvalue weighted by atomic mass is 127. The van der Waals surface area contributed by atoms with Crippen LogP contribution < -0.4 is 10.6 Å². The minimum absolute atomic E-state index is 0. The van der Waals surface area contributed by atoms with Crippen LogP contribution in [0.15, 0.2) is 29.3 Å². The number of ether oxygens (including phenoxy) is 1. The van der Waals surface area contributed by atoms with Crippen LogP contribution in [0.25, 0.3) is 0 Å². The summed E-state index contributed by atoms with van der Waals surface area (Å²) in [5.41, 5.74) is 1.28. The molecule has 3 atom stereocenters. The predicted molar refractivity (Wildman–Crippen MR) is 120 cm³/mol. The molecule has 2 aromatic rings. The zero-order valence-corrected chi connectivity index (χ0v) is 19.1. The summed E-state index contributed by atoms with van der Waals surface area (Å²) < 4.78 is 7.11. The second-order valence-electron chi connectivity index (χ2n) is 7.16. The summed E-state index contributed by atoms with van der Waals surface area (Å²) in [5.74, 6) is 3.12.